The monoisotopic (exact) mass is 304 g/mol. The van der Waals surface area contributed by atoms with Gasteiger partial charge >= 0.3 is 5.97 Å². The van der Waals surface area contributed by atoms with Crippen molar-refractivity contribution in [2.75, 3.05) is 5.75 Å². The van der Waals surface area contributed by atoms with Gasteiger partial charge in [0, 0.05) is 16.4 Å². The maximum Gasteiger partial charge on any atom is 0.323 e. The molecule has 0 spiro atoms. The number of halogens is 1. The van der Waals surface area contributed by atoms with Crippen LogP contribution in [0, 0.1) is 0 Å². The van der Waals surface area contributed by atoms with Crippen molar-refractivity contribution in [1.29, 1.82) is 0 Å². The van der Waals surface area contributed by atoms with Gasteiger partial charge in [-0.25, -0.2) is 4.98 Å². The number of aromatic nitrogens is 1. The minimum Gasteiger partial charge on any atom is -0.480 e. The summed E-state index contributed by atoms with van der Waals surface area (Å²) >= 11 is 4.79. The number of aliphatic carboxylic acids is 1. The first-order valence-electron chi connectivity index (χ1n) is 4.68. The van der Waals surface area contributed by atoms with E-state index < -0.39 is 11.5 Å². The predicted molar refractivity (Wildman–Crippen MR) is 67.5 cm³/mol. The van der Waals surface area contributed by atoms with Crippen molar-refractivity contribution >= 4 is 33.7 Å². The van der Waals surface area contributed by atoms with Crippen LogP contribution in [0.2, 0.25) is 0 Å². The third-order valence-electron chi connectivity index (χ3n) is 2.06. The molecule has 0 radical (unpaired) electrons. The highest BCUT2D eigenvalue weighted by molar-refractivity contribution is 9.10. The average molecular weight is 305 g/mol. The van der Waals surface area contributed by atoms with Crippen molar-refractivity contribution in [3.8, 4) is 0 Å². The lowest BCUT2D eigenvalue weighted by atomic mass is 10.0. The predicted octanol–water partition coefficient (Wildman–Crippen LogP) is 2.13. The van der Waals surface area contributed by atoms with Gasteiger partial charge in [0.2, 0.25) is 0 Å². The minimum absolute atomic E-state index is 0.407. The van der Waals surface area contributed by atoms with E-state index in [0.29, 0.717) is 12.2 Å². The Hall–Kier alpha value is -0.590. The highest BCUT2D eigenvalue weighted by Gasteiger charge is 2.27. The lowest BCUT2D eigenvalue weighted by molar-refractivity contribution is -0.142. The van der Waals surface area contributed by atoms with E-state index in [1.165, 1.54) is 18.7 Å². The number of carboxylic acids is 1. The van der Waals surface area contributed by atoms with Crippen LogP contribution in [0.5, 0.6) is 0 Å². The van der Waals surface area contributed by atoms with Gasteiger partial charge in [0.15, 0.2) is 0 Å². The quantitative estimate of drug-likeness (QED) is 0.815. The highest BCUT2D eigenvalue weighted by Crippen LogP contribution is 2.20. The molecule has 16 heavy (non-hydrogen) atoms. The molecular weight excluding hydrogens is 292 g/mol. The molecule has 0 aliphatic heterocycles. The Balaban J connectivity index is 2.41. The molecule has 1 atom stereocenters. The summed E-state index contributed by atoms with van der Waals surface area (Å²) in [6, 6.07) is 3.78. The standard InChI is InChI=1S/C10H13BrN2O2S/c1-10(12,9(14)15)4-5-16-8-3-2-7(11)6-13-8/h2-3,6H,4-5,12H2,1H3,(H,14,15). The first-order chi connectivity index (χ1) is 7.42. The maximum absolute atomic E-state index is 10.8. The second-order valence-electron chi connectivity index (χ2n) is 3.64. The van der Waals surface area contributed by atoms with Gasteiger partial charge in [-0.1, -0.05) is 0 Å². The summed E-state index contributed by atoms with van der Waals surface area (Å²) in [6.07, 6.45) is 2.12. The van der Waals surface area contributed by atoms with Crippen molar-refractivity contribution < 1.29 is 9.90 Å². The number of pyridine rings is 1. The number of thioether (sulfide) groups is 1. The zero-order valence-electron chi connectivity index (χ0n) is 8.81. The second kappa shape index (κ2) is 5.65. The number of hydrogen-bond donors (Lipinski definition) is 2. The Bertz CT molecular complexity index is 368. The molecule has 4 nitrogen and oxygen atoms in total. The van der Waals surface area contributed by atoms with Crippen molar-refractivity contribution in [2.45, 2.75) is 23.9 Å². The van der Waals surface area contributed by atoms with Crippen LogP contribution in [0.15, 0.2) is 27.8 Å². The first kappa shape index (κ1) is 13.5. The van der Waals surface area contributed by atoms with Gasteiger partial charge in [0.25, 0.3) is 0 Å². The molecule has 0 aromatic carbocycles. The largest absolute Gasteiger partial charge is 0.480 e. The smallest absolute Gasteiger partial charge is 0.323 e. The fraction of sp³-hybridized carbons (Fsp3) is 0.400. The Morgan fingerprint density at radius 1 is 1.69 bits per heavy atom. The van der Waals surface area contributed by atoms with E-state index in [4.69, 9.17) is 10.8 Å². The number of carbonyl (C=O) groups is 1. The van der Waals surface area contributed by atoms with E-state index in [2.05, 4.69) is 20.9 Å². The van der Waals surface area contributed by atoms with E-state index in [1.807, 2.05) is 12.1 Å². The number of nitrogens with zero attached hydrogens (tertiary/aromatic N) is 1. The van der Waals surface area contributed by atoms with Gasteiger partial charge in [-0.15, -0.1) is 11.8 Å². The SMILES string of the molecule is CC(N)(CCSc1ccc(Br)cn1)C(=O)O. The molecule has 0 aliphatic rings. The van der Waals surface area contributed by atoms with Crippen molar-refractivity contribution in [1.82, 2.24) is 4.98 Å². The third kappa shape index (κ3) is 4.11. The summed E-state index contributed by atoms with van der Waals surface area (Å²) in [7, 11) is 0. The molecule has 0 bridgehead atoms. The number of rotatable bonds is 5. The van der Waals surface area contributed by atoms with E-state index in [9.17, 15) is 4.79 Å². The molecule has 1 aromatic rings. The number of nitrogens with two attached hydrogens (primary N) is 1. The fourth-order valence-electron chi connectivity index (χ4n) is 0.922. The molecule has 88 valence electrons. The van der Waals surface area contributed by atoms with E-state index in [0.717, 1.165) is 9.50 Å². The second-order valence-corrected chi connectivity index (χ2v) is 5.67. The third-order valence-corrected chi connectivity index (χ3v) is 3.47. The first-order valence-corrected chi connectivity index (χ1v) is 6.46. The van der Waals surface area contributed by atoms with Gasteiger partial charge in [0.1, 0.15) is 5.54 Å². The summed E-state index contributed by atoms with van der Waals surface area (Å²) in [5, 5.41) is 9.68. The van der Waals surface area contributed by atoms with Gasteiger partial charge < -0.3 is 10.8 Å². The summed E-state index contributed by atoms with van der Waals surface area (Å²) in [6.45, 7) is 1.52. The van der Waals surface area contributed by atoms with Crippen LogP contribution in [-0.4, -0.2) is 27.4 Å². The summed E-state index contributed by atoms with van der Waals surface area (Å²) in [5.74, 6) is -0.342. The van der Waals surface area contributed by atoms with Crippen LogP contribution in [0.1, 0.15) is 13.3 Å². The van der Waals surface area contributed by atoms with Crippen LogP contribution in [0.4, 0.5) is 0 Å². The Morgan fingerprint density at radius 3 is 2.88 bits per heavy atom. The molecule has 0 fully saturated rings. The van der Waals surface area contributed by atoms with Gasteiger partial charge in [0.05, 0.1) is 5.03 Å². The van der Waals surface area contributed by atoms with Crippen molar-refractivity contribution in [2.24, 2.45) is 5.73 Å². The zero-order chi connectivity index (χ0) is 12.2. The molecule has 1 aromatic heterocycles. The van der Waals surface area contributed by atoms with Crippen LogP contribution in [0.25, 0.3) is 0 Å². The minimum atomic E-state index is -1.16. The molecule has 0 aliphatic carbocycles. The van der Waals surface area contributed by atoms with Crippen LogP contribution < -0.4 is 5.73 Å². The molecule has 3 N–H and O–H groups in total. The summed E-state index contributed by atoms with van der Waals surface area (Å²) in [4.78, 5) is 14.9. The zero-order valence-corrected chi connectivity index (χ0v) is 11.2. The van der Waals surface area contributed by atoms with Crippen LogP contribution in [-0.2, 0) is 4.79 Å². The molecule has 1 unspecified atom stereocenters. The lowest BCUT2D eigenvalue weighted by Crippen LogP contribution is -2.45. The lowest BCUT2D eigenvalue weighted by Gasteiger charge is -2.18. The number of hydrogen-bond acceptors (Lipinski definition) is 4. The van der Waals surface area contributed by atoms with Crippen molar-refractivity contribution in [3.63, 3.8) is 0 Å². The molecule has 0 saturated heterocycles. The van der Waals surface area contributed by atoms with E-state index in [-0.39, 0.29) is 0 Å². The summed E-state index contributed by atoms with van der Waals surface area (Å²) in [5.41, 5.74) is 4.44. The maximum atomic E-state index is 10.8. The van der Waals surface area contributed by atoms with Crippen molar-refractivity contribution in [3.05, 3.63) is 22.8 Å². The molecule has 1 rings (SSSR count). The fourth-order valence-corrected chi connectivity index (χ4v) is 2.18. The van der Waals surface area contributed by atoms with Gasteiger partial charge in [-0.3, -0.25) is 4.79 Å². The van der Waals surface area contributed by atoms with Crippen LogP contribution in [0.3, 0.4) is 0 Å². The van der Waals surface area contributed by atoms with Gasteiger partial charge in [-0.05, 0) is 41.4 Å². The number of carboxylic acid groups (broad SMARTS) is 1. The van der Waals surface area contributed by atoms with E-state index >= 15 is 0 Å². The Kier molecular flexibility index (Phi) is 4.76. The molecule has 0 saturated carbocycles. The normalized spacial score (nSPS) is 14.4. The highest BCUT2D eigenvalue weighted by atomic mass is 79.9. The topological polar surface area (TPSA) is 76.2 Å². The van der Waals surface area contributed by atoms with Crippen LogP contribution >= 0.6 is 27.7 Å². The Morgan fingerprint density at radius 2 is 2.38 bits per heavy atom. The molecule has 0 amide bonds. The molecule has 6 heteroatoms. The van der Waals surface area contributed by atoms with E-state index in [1.54, 1.807) is 6.20 Å². The summed E-state index contributed by atoms with van der Waals surface area (Å²) < 4.78 is 0.922. The molecule has 1 heterocycles. The molecular formula is C10H13BrN2O2S. The average Bonchev–Trinajstić information content (AvgIpc) is 2.20. The van der Waals surface area contributed by atoms with Gasteiger partial charge in [-0.2, -0.15) is 0 Å². The Labute approximate surface area is 107 Å².